The zero-order chi connectivity index (χ0) is 11.7. The summed E-state index contributed by atoms with van der Waals surface area (Å²) in [6.45, 7) is 3.57. The molecular weight excluding hydrogens is 214 g/mol. The minimum atomic E-state index is -3.15. The van der Waals surface area contributed by atoms with E-state index in [1.165, 1.54) is 0 Å². The summed E-state index contributed by atoms with van der Waals surface area (Å²) in [5, 5.41) is 19.5. The predicted octanol–water partition coefficient (Wildman–Crippen LogP) is 0.866. The van der Waals surface area contributed by atoms with Crippen LogP contribution in [-0.2, 0) is 9.84 Å². The van der Waals surface area contributed by atoms with Crippen molar-refractivity contribution >= 4 is 9.84 Å². The maximum atomic E-state index is 11.4. The molecule has 1 N–H and O–H groups in total. The van der Waals surface area contributed by atoms with E-state index in [0.29, 0.717) is 12.8 Å². The quantitative estimate of drug-likeness (QED) is 0.781. The molecular formula is C10H17NO3S. The van der Waals surface area contributed by atoms with Gasteiger partial charge in [0, 0.05) is 0 Å². The molecule has 0 spiro atoms. The number of aliphatic hydroxyl groups is 1. The Morgan fingerprint density at radius 2 is 2.00 bits per heavy atom. The highest BCUT2D eigenvalue weighted by Crippen LogP contribution is 2.44. The number of nitrogens with zero attached hydrogens (tertiary/aromatic N) is 1. The maximum absolute atomic E-state index is 11.4. The van der Waals surface area contributed by atoms with E-state index >= 15 is 0 Å². The Labute approximate surface area is 90.8 Å². The zero-order valence-electron chi connectivity index (χ0n) is 9.15. The van der Waals surface area contributed by atoms with Gasteiger partial charge in [0.05, 0.1) is 23.2 Å². The van der Waals surface area contributed by atoms with Crippen molar-refractivity contribution in [3.05, 3.63) is 0 Å². The molecule has 1 saturated heterocycles. The van der Waals surface area contributed by atoms with Crippen LogP contribution in [0.15, 0.2) is 0 Å². The van der Waals surface area contributed by atoms with Gasteiger partial charge in [-0.05, 0) is 19.3 Å². The first-order valence-corrected chi connectivity index (χ1v) is 7.01. The Morgan fingerprint density at radius 1 is 1.47 bits per heavy atom. The van der Waals surface area contributed by atoms with Crippen LogP contribution in [0.3, 0.4) is 0 Å². The second kappa shape index (κ2) is 3.76. The minimum absolute atomic E-state index is 0.0167. The Balaban J connectivity index is 3.15. The number of hydrogen-bond donors (Lipinski definition) is 1. The third-order valence-electron chi connectivity index (χ3n) is 3.58. The fourth-order valence-corrected chi connectivity index (χ4v) is 4.37. The van der Waals surface area contributed by atoms with Crippen LogP contribution in [0.2, 0.25) is 0 Å². The van der Waals surface area contributed by atoms with Gasteiger partial charge < -0.3 is 5.11 Å². The Hall–Kier alpha value is -0.600. The van der Waals surface area contributed by atoms with Crippen LogP contribution < -0.4 is 0 Å². The third-order valence-corrected chi connectivity index (χ3v) is 5.34. The van der Waals surface area contributed by atoms with Gasteiger partial charge in [0.25, 0.3) is 0 Å². The lowest BCUT2D eigenvalue weighted by Gasteiger charge is -2.38. The van der Waals surface area contributed by atoms with E-state index in [4.69, 9.17) is 0 Å². The highest BCUT2D eigenvalue weighted by molar-refractivity contribution is 7.91. The number of nitriles is 1. The summed E-state index contributed by atoms with van der Waals surface area (Å²) in [6, 6.07) is 2.05. The number of hydrogen-bond acceptors (Lipinski definition) is 4. The van der Waals surface area contributed by atoms with Gasteiger partial charge in [-0.25, -0.2) is 8.42 Å². The molecule has 1 aliphatic heterocycles. The summed E-state index contributed by atoms with van der Waals surface area (Å²) >= 11 is 0. The second-order valence-corrected chi connectivity index (χ2v) is 6.46. The molecule has 15 heavy (non-hydrogen) atoms. The van der Waals surface area contributed by atoms with Crippen LogP contribution in [0.25, 0.3) is 0 Å². The van der Waals surface area contributed by atoms with E-state index in [0.717, 1.165) is 0 Å². The maximum Gasteiger partial charge on any atom is 0.152 e. The highest BCUT2D eigenvalue weighted by Gasteiger charge is 2.55. The first kappa shape index (κ1) is 12.5. The molecule has 1 heterocycles. The summed E-state index contributed by atoms with van der Waals surface area (Å²) in [4.78, 5) is 0. The van der Waals surface area contributed by atoms with Crippen molar-refractivity contribution in [1.29, 1.82) is 5.26 Å². The van der Waals surface area contributed by atoms with Gasteiger partial charge in [0.15, 0.2) is 9.84 Å². The SMILES string of the molecule is CCC(O)(CC)C1(C#N)CCS(=O)(=O)C1. The first-order chi connectivity index (χ1) is 6.85. The van der Waals surface area contributed by atoms with Crippen LogP contribution >= 0.6 is 0 Å². The lowest BCUT2D eigenvalue weighted by atomic mass is 9.69. The molecule has 1 rings (SSSR count). The monoisotopic (exact) mass is 231 g/mol. The van der Waals surface area contributed by atoms with Crippen molar-refractivity contribution in [1.82, 2.24) is 0 Å². The van der Waals surface area contributed by atoms with Crippen molar-refractivity contribution in [3.8, 4) is 6.07 Å². The van der Waals surface area contributed by atoms with E-state index in [1.807, 2.05) is 6.07 Å². The lowest BCUT2D eigenvalue weighted by molar-refractivity contribution is -0.0501. The van der Waals surface area contributed by atoms with Gasteiger partial charge >= 0.3 is 0 Å². The second-order valence-electron chi connectivity index (χ2n) is 4.27. The molecule has 0 amide bonds. The van der Waals surface area contributed by atoms with Gasteiger partial charge in [-0.2, -0.15) is 5.26 Å². The Morgan fingerprint density at radius 3 is 2.27 bits per heavy atom. The van der Waals surface area contributed by atoms with Crippen LogP contribution in [0.4, 0.5) is 0 Å². The molecule has 0 aromatic carbocycles. The smallest absolute Gasteiger partial charge is 0.152 e. The minimum Gasteiger partial charge on any atom is -0.388 e. The van der Waals surface area contributed by atoms with E-state index in [2.05, 4.69) is 0 Å². The highest BCUT2D eigenvalue weighted by atomic mass is 32.2. The Kier molecular flexibility index (Phi) is 3.13. The van der Waals surface area contributed by atoms with Crippen LogP contribution in [0, 0.1) is 16.7 Å². The molecule has 1 atom stereocenters. The van der Waals surface area contributed by atoms with Gasteiger partial charge in [-0.1, -0.05) is 13.8 Å². The molecule has 0 aromatic heterocycles. The van der Waals surface area contributed by atoms with E-state index < -0.39 is 20.9 Å². The molecule has 1 fully saturated rings. The summed E-state index contributed by atoms with van der Waals surface area (Å²) in [5.74, 6) is -0.183. The fourth-order valence-electron chi connectivity index (χ4n) is 2.34. The molecule has 0 bridgehead atoms. The van der Waals surface area contributed by atoms with E-state index in [9.17, 15) is 18.8 Å². The van der Waals surface area contributed by atoms with Crippen molar-refractivity contribution in [3.63, 3.8) is 0 Å². The molecule has 5 heteroatoms. The standard InChI is InChI=1S/C10H17NO3S/c1-3-10(12,4-2)9(7-11)5-6-15(13,14)8-9/h12H,3-6,8H2,1-2H3. The first-order valence-electron chi connectivity index (χ1n) is 5.19. The summed E-state index contributed by atoms with van der Waals surface area (Å²) in [7, 11) is -3.15. The Bertz CT molecular complexity index is 378. The predicted molar refractivity (Wildman–Crippen MR) is 56.8 cm³/mol. The summed E-state index contributed by atoms with van der Waals surface area (Å²) < 4.78 is 22.8. The normalized spacial score (nSPS) is 30.0. The average Bonchev–Trinajstić information content (AvgIpc) is 2.54. The summed E-state index contributed by atoms with van der Waals surface area (Å²) in [6.07, 6.45) is 1.07. The van der Waals surface area contributed by atoms with Gasteiger partial charge in [-0.15, -0.1) is 0 Å². The molecule has 0 aromatic rings. The summed E-state index contributed by atoms with van der Waals surface area (Å²) in [5.41, 5.74) is -2.28. The molecule has 1 unspecified atom stereocenters. The van der Waals surface area contributed by atoms with Crippen molar-refractivity contribution in [2.45, 2.75) is 38.7 Å². The number of rotatable bonds is 3. The molecule has 86 valence electrons. The van der Waals surface area contributed by atoms with Crippen molar-refractivity contribution in [2.24, 2.45) is 5.41 Å². The largest absolute Gasteiger partial charge is 0.388 e. The van der Waals surface area contributed by atoms with Crippen LogP contribution in [-0.4, -0.2) is 30.6 Å². The van der Waals surface area contributed by atoms with E-state index in [1.54, 1.807) is 13.8 Å². The van der Waals surface area contributed by atoms with E-state index in [-0.39, 0.29) is 17.9 Å². The fraction of sp³-hybridized carbons (Fsp3) is 0.900. The topological polar surface area (TPSA) is 78.2 Å². The van der Waals surface area contributed by atoms with Crippen LogP contribution in [0.1, 0.15) is 33.1 Å². The van der Waals surface area contributed by atoms with Gasteiger partial charge in [0.2, 0.25) is 0 Å². The third kappa shape index (κ3) is 1.88. The average molecular weight is 231 g/mol. The van der Waals surface area contributed by atoms with Crippen molar-refractivity contribution < 1.29 is 13.5 Å². The lowest BCUT2D eigenvalue weighted by Crippen LogP contribution is -2.47. The number of sulfone groups is 1. The van der Waals surface area contributed by atoms with Crippen molar-refractivity contribution in [2.75, 3.05) is 11.5 Å². The van der Waals surface area contributed by atoms with Crippen LogP contribution in [0.5, 0.6) is 0 Å². The molecule has 0 saturated carbocycles. The molecule has 4 nitrogen and oxygen atoms in total. The molecule has 0 radical (unpaired) electrons. The van der Waals surface area contributed by atoms with Gasteiger partial charge in [-0.3, -0.25) is 0 Å². The zero-order valence-corrected chi connectivity index (χ0v) is 9.97. The molecule has 1 aliphatic rings. The molecule has 0 aliphatic carbocycles. The van der Waals surface area contributed by atoms with Gasteiger partial charge in [0.1, 0.15) is 5.41 Å².